The molecule has 1 atom stereocenters. The van der Waals surface area contributed by atoms with E-state index in [4.69, 9.17) is 0 Å². The number of piperidine rings is 1. The molecule has 0 saturated carbocycles. The van der Waals surface area contributed by atoms with Crippen LogP contribution in [0.25, 0.3) is 0 Å². The van der Waals surface area contributed by atoms with Crippen molar-refractivity contribution in [2.24, 2.45) is 0 Å². The second-order valence-corrected chi connectivity index (χ2v) is 6.83. The quantitative estimate of drug-likeness (QED) is 0.843. The fourth-order valence-corrected chi connectivity index (χ4v) is 3.78. The molecule has 4 heteroatoms. The monoisotopic (exact) mass is 314 g/mol. The van der Waals surface area contributed by atoms with E-state index in [0.717, 1.165) is 37.2 Å². The van der Waals surface area contributed by atoms with Gasteiger partial charge in [0.15, 0.2) is 0 Å². The van der Waals surface area contributed by atoms with E-state index >= 15 is 0 Å². The molecule has 0 radical (unpaired) electrons. The molecule has 2 aromatic rings. The van der Waals surface area contributed by atoms with Crippen LogP contribution >= 0.6 is 11.3 Å². The lowest BCUT2D eigenvalue weighted by Gasteiger charge is -2.36. The fourth-order valence-electron chi connectivity index (χ4n) is 3.16. The fraction of sp³-hybridized carbons (Fsp3) is 0.444. The minimum Gasteiger partial charge on any atom is -0.339 e. The number of hydrogen-bond donors (Lipinski definition) is 0. The number of likely N-dealkylation sites (tertiary alicyclic amines) is 1. The normalized spacial score (nSPS) is 18.4. The molecular weight excluding hydrogens is 292 g/mol. The summed E-state index contributed by atoms with van der Waals surface area (Å²) in [7, 11) is 0. The molecule has 0 spiro atoms. The summed E-state index contributed by atoms with van der Waals surface area (Å²) >= 11 is 1.63. The minimum atomic E-state index is 0.288. The van der Waals surface area contributed by atoms with Crippen molar-refractivity contribution in [3.63, 3.8) is 0 Å². The number of amides is 1. The molecule has 1 aliphatic rings. The maximum atomic E-state index is 12.6. The Hall–Kier alpha value is -1.68. The zero-order valence-corrected chi connectivity index (χ0v) is 13.6. The Labute approximate surface area is 136 Å². The number of nitrogens with zero attached hydrogens (tertiary/aromatic N) is 2. The van der Waals surface area contributed by atoms with Gasteiger partial charge in [0.05, 0.1) is 5.01 Å². The third-order valence-corrected chi connectivity index (χ3v) is 5.14. The number of thiazole rings is 1. The van der Waals surface area contributed by atoms with Crippen LogP contribution in [0.15, 0.2) is 41.9 Å². The summed E-state index contributed by atoms with van der Waals surface area (Å²) in [5.41, 5.74) is 1.33. The molecule has 1 aliphatic heterocycles. The van der Waals surface area contributed by atoms with E-state index in [1.165, 1.54) is 12.0 Å². The summed E-state index contributed by atoms with van der Waals surface area (Å²) in [6, 6.07) is 10.9. The molecule has 22 heavy (non-hydrogen) atoms. The second-order valence-electron chi connectivity index (χ2n) is 5.85. The Morgan fingerprint density at radius 1 is 1.27 bits per heavy atom. The van der Waals surface area contributed by atoms with Crippen molar-refractivity contribution in [1.82, 2.24) is 9.88 Å². The Balaban J connectivity index is 1.60. The van der Waals surface area contributed by atoms with Crippen molar-refractivity contribution >= 4 is 17.2 Å². The standard InChI is InChI=1S/C18H22N2OS/c21-18(10-9-17-19-11-13-22-17)20-12-5-4-8-16(20)14-15-6-2-1-3-7-15/h1-3,6-7,11,13,16H,4-5,8-10,12,14H2/t16-/m0/s1. The van der Waals surface area contributed by atoms with E-state index in [1.807, 2.05) is 17.6 Å². The highest BCUT2D eigenvalue weighted by atomic mass is 32.1. The lowest BCUT2D eigenvalue weighted by atomic mass is 9.95. The summed E-state index contributed by atoms with van der Waals surface area (Å²) in [4.78, 5) is 19.0. The lowest BCUT2D eigenvalue weighted by molar-refractivity contribution is -0.134. The molecule has 116 valence electrons. The van der Waals surface area contributed by atoms with Crippen LogP contribution in [-0.4, -0.2) is 28.4 Å². The maximum absolute atomic E-state index is 12.6. The maximum Gasteiger partial charge on any atom is 0.223 e. The van der Waals surface area contributed by atoms with Crippen molar-refractivity contribution in [3.05, 3.63) is 52.5 Å². The van der Waals surface area contributed by atoms with Gasteiger partial charge in [-0.1, -0.05) is 30.3 Å². The predicted octanol–water partition coefficient (Wildman–Crippen LogP) is 3.70. The van der Waals surface area contributed by atoms with Gasteiger partial charge in [-0.15, -0.1) is 11.3 Å². The zero-order chi connectivity index (χ0) is 15.2. The Morgan fingerprint density at radius 2 is 2.14 bits per heavy atom. The van der Waals surface area contributed by atoms with Crippen molar-refractivity contribution in [1.29, 1.82) is 0 Å². The van der Waals surface area contributed by atoms with Crippen molar-refractivity contribution in [2.75, 3.05) is 6.54 Å². The third kappa shape index (κ3) is 3.95. The Morgan fingerprint density at radius 3 is 2.91 bits per heavy atom. The van der Waals surface area contributed by atoms with Crippen LogP contribution in [0.5, 0.6) is 0 Å². The van der Waals surface area contributed by atoms with E-state index < -0.39 is 0 Å². The third-order valence-electron chi connectivity index (χ3n) is 4.30. The Kier molecular flexibility index (Phi) is 5.22. The molecule has 0 unspecified atom stereocenters. The highest BCUT2D eigenvalue weighted by Gasteiger charge is 2.26. The van der Waals surface area contributed by atoms with Crippen molar-refractivity contribution in [2.45, 2.75) is 44.6 Å². The SMILES string of the molecule is O=C(CCc1nccs1)N1CCCC[C@H]1Cc1ccccc1. The van der Waals surface area contributed by atoms with Gasteiger partial charge in [-0.05, 0) is 31.2 Å². The number of carbonyl (C=O) groups excluding carboxylic acids is 1. The molecule has 1 aromatic carbocycles. The molecule has 0 aliphatic carbocycles. The van der Waals surface area contributed by atoms with E-state index in [1.54, 1.807) is 11.3 Å². The van der Waals surface area contributed by atoms with Gasteiger partial charge in [0.25, 0.3) is 0 Å². The highest BCUT2D eigenvalue weighted by Crippen LogP contribution is 2.22. The Bertz CT molecular complexity index is 582. The van der Waals surface area contributed by atoms with Crippen LogP contribution < -0.4 is 0 Å². The zero-order valence-electron chi connectivity index (χ0n) is 12.8. The summed E-state index contributed by atoms with van der Waals surface area (Å²) < 4.78 is 0. The first kappa shape index (κ1) is 15.2. The molecule has 1 aromatic heterocycles. The summed E-state index contributed by atoms with van der Waals surface area (Å²) in [6.07, 6.45) is 7.62. The van der Waals surface area contributed by atoms with Crippen molar-refractivity contribution in [3.8, 4) is 0 Å². The average Bonchev–Trinajstić information content (AvgIpc) is 3.08. The number of benzene rings is 1. The average molecular weight is 314 g/mol. The molecule has 3 nitrogen and oxygen atoms in total. The first-order chi connectivity index (χ1) is 10.8. The van der Waals surface area contributed by atoms with E-state index in [0.29, 0.717) is 12.5 Å². The van der Waals surface area contributed by atoms with Gasteiger partial charge in [0, 0.05) is 37.0 Å². The minimum absolute atomic E-state index is 0.288. The van der Waals surface area contributed by atoms with Crippen LogP contribution in [0, 0.1) is 0 Å². The topological polar surface area (TPSA) is 33.2 Å². The van der Waals surface area contributed by atoms with Gasteiger partial charge in [-0.25, -0.2) is 4.98 Å². The van der Waals surface area contributed by atoms with E-state index in [9.17, 15) is 4.79 Å². The molecule has 0 N–H and O–H groups in total. The van der Waals surface area contributed by atoms with Gasteiger partial charge in [-0.3, -0.25) is 4.79 Å². The molecule has 3 rings (SSSR count). The molecular formula is C18H22N2OS. The van der Waals surface area contributed by atoms with Crippen LogP contribution in [0.2, 0.25) is 0 Å². The van der Waals surface area contributed by atoms with Crippen LogP contribution in [0.1, 0.15) is 36.3 Å². The van der Waals surface area contributed by atoms with Crippen LogP contribution in [-0.2, 0) is 17.6 Å². The molecule has 2 heterocycles. The lowest BCUT2D eigenvalue weighted by Crippen LogP contribution is -2.44. The largest absolute Gasteiger partial charge is 0.339 e. The second kappa shape index (κ2) is 7.54. The van der Waals surface area contributed by atoms with Crippen LogP contribution in [0.3, 0.4) is 0 Å². The number of hydrogen-bond acceptors (Lipinski definition) is 3. The number of carbonyl (C=O) groups is 1. The van der Waals surface area contributed by atoms with Gasteiger partial charge in [-0.2, -0.15) is 0 Å². The predicted molar refractivity (Wildman–Crippen MR) is 89.9 cm³/mol. The highest BCUT2D eigenvalue weighted by molar-refractivity contribution is 7.09. The van der Waals surface area contributed by atoms with E-state index in [-0.39, 0.29) is 5.91 Å². The van der Waals surface area contributed by atoms with Crippen LogP contribution in [0.4, 0.5) is 0 Å². The number of aromatic nitrogens is 1. The number of aryl methyl sites for hydroxylation is 1. The van der Waals surface area contributed by atoms with Gasteiger partial charge in [0.1, 0.15) is 0 Å². The molecule has 1 fully saturated rings. The van der Waals surface area contributed by atoms with Gasteiger partial charge >= 0.3 is 0 Å². The molecule has 1 amide bonds. The number of rotatable bonds is 5. The first-order valence-corrected chi connectivity index (χ1v) is 8.92. The summed E-state index contributed by atoms with van der Waals surface area (Å²) in [6.45, 7) is 0.911. The summed E-state index contributed by atoms with van der Waals surface area (Å²) in [5, 5.41) is 3.03. The van der Waals surface area contributed by atoms with E-state index in [2.05, 4.69) is 34.1 Å². The first-order valence-electron chi connectivity index (χ1n) is 8.04. The van der Waals surface area contributed by atoms with Crippen molar-refractivity contribution < 1.29 is 4.79 Å². The molecule has 0 bridgehead atoms. The van der Waals surface area contributed by atoms with Gasteiger partial charge in [0.2, 0.25) is 5.91 Å². The molecule has 1 saturated heterocycles. The summed E-state index contributed by atoms with van der Waals surface area (Å²) in [5.74, 6) is 0.288. The smallest absolute Gasteiger partial charge is 0.223 e. The van der Waals surface area contributed by atoms with Gasteiger partial charge < -0.3 is 4.90 Å².